The van der Waals surface area contributed by atoms with E-state index in [9.17, 15) is 14.0 Å². The lowest BCUT2D eigenvalue weighted by molar-refractivity contribution is -0.122. The molecule has 19 heavy (non-hydrogen) atoms. The SMILES string of the molecule is CN(CC(=O)NC(C)(C)C)C(=O)c1ccc(F)nc1. The minimum Gasteiger partial charge on any atom is -0.350 e. The first-order chi connectivity index (χ1) is 8.69. The Bertz CT molecular complexity index is 466. The number of nitrogens with zero attached hydrogens (tertiary/aromatic N) is 2. The van der Waals surface area contributed by atoms with Crippen LogP contribution in [-0.2, 0) is 4.79 Å². The molecule has 0 saturated heterocycles. The third kappa shape index (κ3) is 5.03. The molecular weight excluding hydrogens is 249 g/mol. The molecule has 0 aliphatic heterocycles. The maximum absolute atomic E-state index is 12.6. The fourth-order valence-electron chi connectivity index (χ4n) is 1.47. The van der Waals surface area contributed by atoms with Crippen molar-refractivity contribution >= 4 is 11.8 Å². The summed E-state index contributed by atoms with van der Waals surface area (Å²) in [4.78, 5) is 28.3. The summed E-state index contributed by atoms with van der Waals surface area (Å²) in [5.41, 5.74) is -0.106. The molecule has 0 aliphatic carbocycles. The van der Waals surface area contributed by atoms with Crippen LogP contribution in [-0.4, -0.2) is 40.8 Å². The smallest absolute Gasteiger partial charge is 0.255 e. The summed E-state index contributed by atoms with van der Waals surface area (Å²) in [6, 6.07) is 2.44. The molecule has 1 heterocycles. The van der Waals surface area contributed by atoms with Gasteiger partial charge in [0, 0.05) is 18.8 Å². The van der Waals surface area contributed by atoms with Crippen LogP contribution in [0.5, 0.6) is 0 Å². The number of likely N-dealkylation sites (N-methyl/N-ethyl adjacent to an activating group) is 1. The van der Waals surface area contributed by atoms with Crippen molar-refractivity contribution in [1.82, 2.24) is 15.2 Å². The minimum absolute atomic E-state index is 0.0620. The quantitative estimate of drug-likeness (QED) is 0.837. The highest BCUT2D eigenvalue weighted by molar-refractivity contribution is 5.96. The van der Waals surface area contributed by atoms with Crippen LogP contribution in [0.25, 0.3) is 0 Å². The van der Waals surface area contributed by atoms with Crippen molar-refractivity contribution in [2.45, 2.75) is 26.3 Å². The van der Waals surface area contributed by atoms with E-state index in [0.29, 0.717) is 0 Å². The van der Waals surface area contributed by atoms with Crippen LogP contribution < -0.4 is 5.32 Å². The summed E-state index contributed by atoms with van der Waals surface area (Å²) < 4.78 is 12.6. The molecule has 0 radical (unpaired) electrons. The van der Waals surface area contributed by atoms with Gasteiger partial charge in [-0.05, 0) is 32.9 Å². The van der Waals surface area contributed by atoms with E-state index in [1.54, 1.807) is 0 Å². The molecule has 0 atom stereocenters. The molecule has 0 aromatic carbocycles. The van der Waals surface area contributed by atoms with Gasteiger partial charge in [0.1, 0.15) is 0 Å². The van der Waals surface area contributed by atoms with Gasteiger partial charge in [-0.2, -0.15) is 4.39 Å². The maximum atomic E-state index is 12.6. The molecule has 0 fully saturated rings. The molecule has 0 spiro atoms. The lowest BCUT2D eigenvalue weighted by Crippen LogP contribution is -2.46. The molecule has 0 unspecified atom stereocenters. The van der Waals surface area contributed by atoms with Crippen molar-refractivity contribution in [3.63, 3.8) is 0 Å². The van der Waals surface area contributed by atoms with Crippen LogP contribution in [0.2, 0.25) is 0 Å². The number of rotatable bonds is 3. The zero-order valence-corrected chi connectivity index (χ0v) is 11.5. The molecule has 1 aromatic rings. The summed E-state index contributed by atoms with van der Waals surface area (Å²) in [6.45, 7) is 5.51. The largest absolute Gasteiger partial charge is 0.350 e. The van der Waals surface area contributed by atoms with Gasteiger partial charge in [0.25, 0.3) is 5.91 Å². The fourth-order valence-corrected chi connectivity index (χ4v) is 1.47. The second-order valence-corrected chi connectivity index (χ2v) is 5.33. The highest BCUT2D eigenvalue weighted by Gasteiger charge is 2.18. The lowest BCUT2D eigenvalue weighted by atomic mass is 10.1. The van der Waals surface area contributed by atoms with Crippen molar-refractivity contribution in [2.24, 2.45) is 0 Å². The molecule has 0 aliphatic rings. The lowest BCUT2D eigenvalue weighted by Gasteiger charge is -2.23. The Kier molecular flexibility index (Phi) is 4.58. The number of carbonyl (C=O) groups is 2. The monoisotopic (exact) mass is 267 g/mol. The van der Waals surface area contributed by atoms with E-state index in [1.807, 2.05) is 20.8 Å². The third-order valence-corrected chi connectivity index (χ3v) is 2.22. The van der Waals surface area contributed by atoms with Gasteiger partial charge in [-0.15, -0.1) is 0 Å². The topological polar surface area (TPSA) is 62.3 Å². The van der Waals surface area contributed by atoms with Gasteiger partial charge in [0.15, 0.2) is 0 Å². The number of hydrogen-bond acceptors (Lipinski definition) is 3. The van der Waals surface area contributed by atoms with Gasteiger partial charge in [-0.1, -0.05) is 0 Å². The zero-order chi connectivity index (χ0) is 14.6. The van der Waals surface area contributed by atoms with E-state index >= 15 is 0 Å². The average molecular weight is 267 g/mol. The Labute approximate surface area is 111 Å². The number of aromatic nitrogens is 1. The Morgan fingerprint density at radius 2 is 2.00 bits per heavy atom. The van der Waals surface area contributed by atoms with Gasteiger partial charge in [0.05, 0.1) is 12.1 Å². The summed E-state index contributed by atoms with van der Waals surface area (Å²) in [6.07, 6.45) is 1.15. The fraction of sp³-hybridized carbons (Fsp3) is 0.462. The Morgan fingerprint density at radius 3 is 2.47 bits per heavy atom. The van der Waals surface area contributed by atoms with Crippen molar-refractivity contribution in [3.8, 4) is 0 Å². The number of pyridine rings is 1. The second kappa shape index (κ2) is 5.77. The Morgan fingerprint density at radius 1 is 1.37 bits per heavy atom. The first-order valence-electron chi connectivity index (χ1n) is 5.87. The normalized spacial score (nSPS) is 11.0. The minimum atomic E-state index is -0.648. The highest BCUT2D eigenvalue weighted by Crippen LogP contribution is 2.04. The summed E-state index contributed by atoms with van der Waals surface area (Å²) in [7, 11) is 1.51. The number of hydrogen-bond donors (Lipinski definition) is 1. The molecule has 104 valence electrons. The van der Waals surface area contributed by atoms with Crippen LogP contribution in [0.1, 0.15) is 31.1 Å². The molecule has 6 heteroatoms. The number of carbonyl (C=O) groups excluding carboxylic acids is 2. The summed E-state index contributed by atoms with van der Waals surface area (Å²) in [5, 5.41) is 2.76. The first-order valence-corrected chi connectivity index (χ1v) is 5.87. The third-order valence-electron chi connectivity index (χ3n) is 2.22. The molecular formula is C13H18FN3O2. The average Bonchev–Trinajstić information content (AvgIpc) is 2.26. The van der Waals surface area contributed by atoms with Gasteiger partial charge in [-0.3, -0.25) is 9.59 Å². The zero-order valence-electron chi connectivity index (χ0n) is 11.5. The molecule has 0 bridgehead atoms. The van der Waals surface area contributed by atoms with E-state index in [0.717, 1.165) is 12.3 Å². The Hall–Kier alpha value is -1.98. The van der Waals surface area contributed by atoms with Crippen LogP contribution >= 0.6 is 0 Å². The van der Waals surface area contributed by atoms with Crippen molar-refractivity contribution < 1.29 is 14.0 Å². The van der Waals surface area contributed by atoms with E-state index in [2.05, 4.69) is 10.3 Å². The highest BCUT2D eigenvalue weighted by atomic mass is 19.1. The summed E-state index contributed by atoms with van der Waals surface area (Å²) in [5.74, 6) is -1.28. The van der Waals surface area contributed by atoms with Crippen molar-refractivity contribution in [3.05, 3.63) is 29.8 Å². The number of halogens is 1. The van der Waals surface area contributed by atoms with Crippen molar-refractivity contribution in [1.29, 1.82) is 0 Å². The van der Waals surface area contributed by atoms with E-state index in [1.165, 1.54) is 18.0 Å². The predicted molar refractivity (Wildman–Crippen MR) is 69.1 cm³/mol. The number of amides is 2. The van der Waals surface area contributed by atoms with E-state index < -0.39 is 5.95 Å². The second-order valence-electron chi connectivity index (χ2n) is 5.33. The van der Waals surface area contributed by atoms with E-state index in [-0.39, 0.29) is 29.5 Å². The molecule has 1 rings (SSSR count). The summed E-state index contributed by atoms with van der Waals surface area (Å²) >= 11 is 0. The van der Waals surface area contributed by atoms with Gasteiger partial charge in [0.2, 0.25) is 11.9 Å². The van der Waals surface area contributed by atoms with Gasteiger partial charge < -0.3 is 10.2 Å². The first kappa shape index (κ1) is 15.1. The van der Waals surface area contributed by atoms with Crippen LogP contribution in [0.4, 0.5) is 4.39 Å². The molecule has 1 aromatic heterocycles. The standard InChI is InChI=1S/C13H18FN3O2/c1-13(2,3)16-11(18)8-17(4)12(19)9-5-6-10(14)15-7-9/h5-7H,8H2,1-4H3,(H,16,18). The van der Waals surface area contributed by atoms with Gasteiger partial charge in [-0.25, -0.2) is 4.98 Å². The number of nitrogens with one attached hydrogen (secondary N) is 1. The maximum Gasteiger partial charge on any atom is 0.255 e. The van der Waals surface area contributed by atoms with Crippen LogP contribution in [0.15, 0.2) is 18.3 Å². The van der Waals surface area contributed by atoms with Crippen LogP contribution in [0, 0.1) is 5.95 Å². The molecule has 2 amide bonds. The van der Waals surface area contributed by atoms with E-state index in [4.69, 9.17) is 0 Å². The predicted octanol–water partition coefficient (Wildman–Crippen LogP) is 1.21. The van der Waals surface area contributed by atoms with Gasteiger partial charge >= 0.3 is 0 Å². The van der Waals surface area contributed by atoms with Crippen LogP contribution in [0.3, 0.4) is 0 Å². The molecule has 5 nitrogen and oxygen atoms in total. The Balaban J connectivity index is 2.63. The van der Waals surface area contributed by atoms with Crippen molar-refractivity contribution in [2.75, 3.05) is 13.6 Å². The molecule has 1 N–H and O–H groups in total. The molecule has 0 saturated carbocycles.